The summed E-state index contributed by atoms with van der Waals surface area (Å²) in [4.78, 5) is 30.8. The average molecular weight is 532 g/mol. The Morgan fingerprint density at radius 1 is 1.11 bits per heavy atom. The van der Waals surface area contributed by atoms with Crippen LogP contribution in [0.3, 0.4) is 0 Å². The van der Waals surface area contributed by atoms with Crippen LogP contribution in [0.25, 0.3) is 0 Å². The summed E-state index contributed by atoms with van der Waals surface area (Å²) >= 11 is 12.6. The summed E-state index contributed by atoms with van der Waals surface area (Å²) in [5.41, 5.74) is -4.68. The summed E-state index contributed by atoms with van der Waals surface area (Å²) in [5, 5.41) is 10.4. The number of aryl methyl sites for hydroxylation is 1. The van der Waals surface area contributed by atoms with Gasteiger partial charge in [0.05, 0.1) is 24.5 Å². The molecular formula is C22H18Cl2F3N3O5. The third kappa shape index (κ3) is 4.97. The predicted octanol–water partition coefficient (Wildman–Crippen LogP) is 4.61. The predicted molar refractivity (Wildman–Crippen MR) is 120 cm³/mol. The SMILES string of the molecule is COC(=O)c1cnc(Oc2ccc(C(C)C(O)(c3ccc(=O)n(C)c3)C(F)(F)F)c(Cl)c2Cl)cn1. The van der Waals surface area contributed by atoms with Crippen molar-refractivity contribution < 1.29 is 32.5 Å². The van der Waals surface area contributed by atoms with Gasteiger partial charge in [0.15, 0.2) is 11.3 Å². The fourth-order valence-corrected chi connectivity index (χ4v) is 3.89. The molecule has 0 aliphatic rings. The third-order valence-corrected chi connectivity index (χ3v) is 6.24. The fraction of sp³-hybridized carbons (Fsp3) is 0.273. The maximum Gasteiger partial charge on any atom is 0.422 e. The second-order valence-electron chi connectivity index (χ2n) is 7.47. The number of rotatable bonds is 6. The molecule has 186 valence electrons. The van der Waals surface area contributed by atoms with E-state index in [1.807, 2.05) is 0 Å². The van der Waals surface area contributed by atoms with Crippen LogP contribution in [0.4, 0.5) is 13.2 Å². The van der Waals surface area contributed by atoms with Gasteiger partial charge in [0.2, 0.25) is 11.4 Å². The topological polar surface area (TPSA) is 104 Å². The molecule has 0 aliphatic heterocycles. The number of benzene rings is 1. The molecule has 1 aromatic carbocycles. The standard InChI is InChI=1S/C22H18Cl2F3N3O5/c1-11(21(33,22(25,26)27)12-4-7-17(31)30(2)10-12)13-5-6-15(19(24)18(13)23)35-16-9-28-14(8-29-16)20(32)34-3/h4-11,33H,1-3H3. The van der Waals surface area contributed by atoms with Gasteiger partial charge in [-0.3, -0.25) is 4.79 Å². The van der Waals surface area contributed by atoms with Gasteiger partial charge in [-0.1, -0.05) is 36.2 Å². The van der Waals surface area contributed by atoms with Crippen molar-refractivity contribution >= 4 is 29.2 Å². The van der Waals surface area contributed by atoms with Crippen LogP contribution in [0.2, 0.25) is 10.0 Å². The number of ether oxygens (including phenoxy) is 2. The quantitative estimate of drug-likeness (QED) is 0.463. The smallest absolute Gasteiger partial charge is 0.422 e. The molecule has 0 saturated carbocycles. The van der Waals surface area contributed by atoms with Crippen molar-refractivity contribution in [2.75, 3.05) is 7.11 Å². The summed E-state index contributed by atoms with van der Waals surface area (Å²) in [7, 11) is 2.45. The highest BCUT2D eigenvalue weighted by Gasteiger charge is 2.59. The van der Waals surface area contributed by atoms with Crippen molar-refractivity contribution in [1.29, 1.82) is 0 Å². The van der Waals surface area contributed by atoms with Crippen LogP contribution in [0.5, 0.6) is 11.6 Å². The Morgan fingerprint density at radius 2 is 1.80 bits per heavy atom. The Kier molecular flexibility index (Phi) is 7.44. The molecule has 8 nitrogen and oxygen atoms in total. The van der Waals surface area contributed by atoms with Crippen molar-refractivity contribution in [3.63, 3.8) is 0 Å². The van der Waals surface area contributed by atoms with E-state index in [9.17, 15) is 27.9 Å². The first-order chi connectivity index (χ1) is 16.3. The van der Waals surface area contributed by atoms with E-state index in [1.165, 1.54) is 26.3 Å². The van der Waals surface area contributed by atoms with Crippen LogP contribution in [-0.4, -0.2) is 38.9 Å². The second kappa shape index (κ2) is 9.84. The first kappa shape index (κ1) is 26.5. The lowest BCUT2D eigenvalue weighted by atomic mass is 9.78. The Balaban J connectivity index is 1.99. The van der Waals surface area contributed by atoms with Gasteiger partial charge in [-0.25, -0.2) is 14.8 Å². The van der Waals surface area contributed by atoms with Crippen molar-refractivity contribution in [3.05, 3.63) is 80.1 Å². The molecule has 13 heteroatoms. The van der Waals surface area contributed by atoms with Gasteiger partial charge in [-0.2, -0.15) is 13.2 Å². The molecule has 3 aromatic rings. The summed E-state index contributed by atoms with van der Waals surface area (Å²) in [6, 6.07) is 4.32. The third-order valence-electron chi connectivity index (χ3n) is 5.37. The number of hydrogen-bond acceptors (Lipinski definition) is 7. The fourth-order valence-electron chi connectivity index (χ4n) is 3.36. The van der Waals surface area contributed by atoms with Crippen molar-refractivity contribution in [1.82, 2.24) is 14.5 Å². The zero-order valence-electron chi connectivity index (χ0n) is 18.4. The van der Waals surface area contributed by atoms with Crippen LogP contribution in [0.1, 0.15) is 34.5 Å². The van der Waals surface area contributed by atoms with Gasteiger partial charge in [0.25, 0.3) is 0 Å². The molecular weight excluding hydrogens is 514 g/mol. The number of carbonyl (C=O) groups excluding carboxylic acids is 1. The average Bonchev–Trinajstić information content (AvgIpc) is 2.82. The summed E-state index contributed by atoms with van der Waals surface area (Å²) in [5.74, 6) is -2.48. The van der Waals surface area contributed by atoms with Crippen LogP contribution >= 0.6 is 23.2 Å². The first-order valence-electron chi connectivity index (χ1n) is 9.83. The van der Waals surface area contributed by atoms with E-state index in [-0.39, 0.29) is 32.9 Å². The molecule has 2 heterocycles. The largest absolute Gasteiger partial charge is 0.464 e. The molecule has 1 N–H and O–H groups in total. The number of alkyl halides is 3. The maximum atomic E-state index is 14.2. The highest BCUT2D eigenvalue weighted by molar-refractivity contribution is 6.43. The number of nitrogens with zero attached hydrogens (tertiary/aromatic N) is 3. The van der Waals surface area contributed by atoms with Crippen LogP contribution < -0.4 is 10.3 Å². The minimum Gasteiger partial charge on any atom is -0.464 e. The molecule has 2 aromatic heterocycles. The number of carbonyl (C=O) groups is 1. The lowest BCUT2D eigenvalue weighted by Crippen LogP contribution is -2.47. The van der Waals surface area contributed by atoms with Crippen molar-refractivity contribution in [3.8, 4) is 11.6 Å². The summed E-state index contributed by atoms with van der Waals surface area (Å²) in [6.07, 6.45) is -2.00. The van der Waals surface area contributed by atoms with E-state index in [2.05, 4.69) is 14.7 Å². The first-order valence-corrected chi connectivity index (χ1v) is 10.6. The van der Waals surface area contributed by atoms with E-state index in [1.54, 1.807) is 0 Å². The number of methoxy groups -OCH3 is 1. The molecule has 0 radical (unpaired) electrons. The Labute approximate surface area is 206 Å². The van der Waals surface area contributed by atoms with Gasteiger partial charge in [0.1, 0.15) is 10.8 Å². The second-order valence-corrected chi connectivity index (χ2v) is 8.22. The van der Waals surface area contributed by atoms with E-state index in [4.69, 9.17) is 27.9 Å². The molecule has 0 fully saturated rings. The van der Waals surface area contributed by atoms with Gasteiger partial charge in [-0.05, 0) is 17.7 Å². The van der Waals surface area contributed by atoms with Crippen LogP contribution in [0.15, 0.2) is 47.7 Å². The normalized spacial score (nSPS) is 14.2. The number of halogens is 5. The zero-order valence-corrected chi connectivity index (χ0v) is 19.9. The monoisotopic (exact) mass is 531 g/mol. The lowest BCUT2D eigenvalue weighted by molar-refractivity contribution is -0.274. The number of aliphatic hydroxyl groups is 1. The van der Waals surface area contributed by atoms with Crippen molar-refractivity contribution in [2.24, 2.45) is 7.05 Å². The minimum atomic E-state index is -5.13. The van der Waals surface area contributed by atoms with E-state index in [0.717, 1.165) is 42.2 Å². The molecule has 2 unspecified atom stereocenters. The molecule has 0 bridgehead atoms. The Morgan fingerprint density at radius 3 is 2.34 bits per heavy atom. The van der Waals surface area contributed by atoms with E-state index in [0.29, 0.717) is 0 Å². The van der Waals surface area contributed by atoms with Gasteiger partial charge in [-0.15, -0.1) is 0 Å². The lowest BCUT2D eigenvalue weighted by Gasteiger charge is -2.37. The highest BCUT2D eigenvalue weighted by atomic mass is 35.5. The number of hydrogen-bond donors (Lipinski definition) is 1. The van der Waals surface area contributed by atoms with Crippen LogP contribution in [-0.2, 0) is 17.4 Å². The maximum absolute atomic E-state index is 14.2. The number of pyridine rings is 1. The van der Waals surface area contributed by atoms with E-state index < -0.39 is 34.8 Å². The minimum absolute atomic E-state index is 0.0506. The zero-order chi connectivity index (χ0) is 26.1. The summed E-state index contributed by atoms with van der Waals surface area (Å²) in [6.45, 7) is 1.13. The van der Waals surface area contributed by atoms with Crippen LogP contribution in [0, 0.1) is 0 Å². The highest BCUT2D eigenvalue weighted by Crippen LogP contribution is 2.51. The molecule has 0 aliphatic carbocycles. The molecule has 0 saturated heterocycles. The van der Waals surface area contributed by atoms with Gasteiger partial charge >= 0.3 is 12.1 Å². The number of aromatic nitrogens is 3. The van der Waals surface area contributed by atoms with Gasteiger partial charge < -0.3 is 19.1 Å². The summed E-state index contributed by atoms with van der Waals surface area (Å²) < 4.78 is 53.5. The molecule has 0 spiro atoms. The molecule has 35 heavy (non-hydrogen) atoms. The molecule has 2 atom stereocenters. The molecule has 0 amide bonds. The molecule has 3 rings (SSSR count). The van der Waals surface area contributed by atoms with E-state index >= 15 is 0 Å². The Bertz CT molecular complexity index is 1320. The number of esters is 1. The van der Waals surface area contributed by atoms with Gasteiger partial charge in [0, 0.05) is 30.8 Å². The Hall–Kier alpha value is -3.15. The van der Waals surface area contributed by atoms with Crippen molar-refractivity contribution in [2.45, 2.75) is 24.6 Å².